The largest absolute Gasteiger partial charge is 3.00 e. The maximum atomic E-state index is 11.5. The Morgan fingerprint density at radius 1 is 0.588 bits per heavy atom. The maximum Gasteiger partial charge on any atom is 3.00 e. The van der Waals surface area contributed by atoms with Crippen LogP contribution >= 0.6 is 0 Å². The first-order valence-corrected chi connectivity index (χ1v) is 13.0. The Morgan fingerprint density at radius 2 is 0.902 bits per heavy atom. The number of rotatable bonds is 8. The van der Waals surface area contributed by atoms with Crippen molar-refractivity contribution in [3.8, 4) is 11.5 Å². The molecule has 280 valence electrons. The maximum absolute atomic E-state index is 11.5. The molecule has 0 aliphatic heterocycles. The Balaban J connectivity index is -0.000000328. The number of benzene rings is 2. The zero-order chi connectivity index (χ0) is 38.9. The minimum Gasteiger partial charge on any atom is -0.872 e. The first kappa shape index (κ1) is 52.2. The molecule has 4 aromatic rings. The van der Waals surface area contributed by atoms with Gasteiger partial charge in [0.05, 0.1) is 27.4 Å². The van der Waals surface area contributed by atoms with Crippen LogP contribution in [0.3, 0.4) is 0 Å². The molecule has 6 N–H and O–H groups in total. The first-order chi connectivity index (χ1) is 24.1. The van der Waals surface area contributed by atoms with Crippen molar-refractivity contribution in [3.05, 3.63) is 132 Å². The molecule has 0 radical (unpaired) electrons. The summed E-state index contributed by atoms with van der Waals surface area (Å²) in [5.74, 6) is 0.350. The van der Waals surface area contributed by atoms with E-state index in [1.54, 1.807) is 48.8 Å². The number of hydrogen-bond acceptors (Lipinski definition) is 19. The predicted molar refractivity (Wildman–Crippen MR) is 179 cm³/mol. The van der Waals surface area contributed by atoms with Crippen molar-refractivity contribution in [1.82, 2.24) is 9.97 Å². The number of aliphatic hydroxyl groups is 4. The van der Waals surface area contributed by atoms with Crippen LogP contribution in [0.15, 0.2) is 95.4 Å². The zero-order valence-corrected chi connectivity index (χ0v) is 29.1. The van der Waals surface area contributed by atoms with Crippen molar-refractivity contribution in [1.29, 1.82) is 0 Å². The second-order valence-corrected chi connectivity index (χ2v) is 7.35. The Bertz CT molecular complexity index is 1460. The van der Waals surface area contributed by atoms with Crippen molar-refractivity contribution in [2.75, 3.05) is 39.3 Å². The molecule has 0 bridgehead atoms. The van der Waals surface area contributed by atoms with E-state index in [0.29, 0.717) is 11.6 Å². The summed E-state index contributed by atoms with van der Waals surface area (Å²) >= 11 is 0. The van der Waals surface area contributed by atoms with Crippen LogP contribution in [0.4, 0.5) is 23.0 Å². The first-order valence-electron chi connectivity index (χ1n) is 13.0. The summed E-state index contributed by atoms with van der Waals surface area (Å²) in [6.07, 6.45) is 5.63. The molecule has 0 amide bonds. The topological polar surface area (TPSA) is 354 Å². The van der Waals surface area contributed by atoms with Crippen LogP contribution in [-0.4, -0.2) is 86.2 Å². The smallest absolute Gasteiger partial charge is 0.872 e. The van der Waals surface area contributed by atoms with Crippen molar-refractivity contribution < 1.29 is 83.3 Å². The SMILES string of the molecule is CO.CO.CO.CO.O=[N+]([O-])[O-].O=[N+]([O-])c1ccc([O-])c(/C=N/Nc2ccccn2)c1.O=[N+]([O-])c1ccc([O-])c(/C=N/Nc2ccccn2)c1.[Ho+3]. The van der Waals surface area contributed by atoms with E-state index in [-0.39, 0.29) is 71.7 Å². The van der Waals surface area contributed by atoms with Gasteiger partial charge in [-0.15, -0.1) is 0 Å². The van der Waals surface area contributed by atoms with Crippen molar-refractivity contribution in [3.63, 3.8) is 0 Å². The molecule has 2 aromatic heterocycles. The number of pyridine rings is 2. The molecule has 4 rings (SSSR count). The van der Waals surface area contributed by atoms with E-state index in [1.165, 1.54) is 24.6 Å². The van der Waals surface area contributed by atoms with Crippen LogP contribution < -0.4 is 21.1 Å². The Kier molecular flexibility index (Phi) is 35.1. The number of hydrogen-bond donors (Lipinski definition) is 6. The molecule has 23 heteroatoms. The van der Waals surface area contributed by atoms with E-state index in [1.807, 2.05) is 0 Å². The summed E-state index contributed by atoms with van der Waals surface area (Å²) in [4.78, 5) is 36.2. The molecule has 51 heavy (non-hydrogen) atoms. The molecule has 0 saturated carbocycles. The molecule has 0 atom stereocenters. The summed E-state index contributed by atoms with van der Waals surface area (Å²) in [7, 11) is 4.00. The van der Waals surface area contributed by atoms with Gasteiger partial charge in [0.25, 0.3) is 11.4 Å². The molecular weight excluding hydrogens is 835 g/mol. The van der Waals surface area contributed by atoms with Gasteiger partial charge in [0.1, 0.15) is 11.6 Å². The average molecular weight is 870 g/mol. The summed E-state index contributed by atoms with van der Waals surface area (Å²) < 4.78 is 0. The number of hydrazone groups is 2. The molecule has 0 aliphatic carbocycles. The minimum atomic E-state index is -1.75. The molecule has 0 aliphatic rings. The summed E-state index contributed by atoms with van der Waals surface area (Å²) in [5, 5.41) is 94.5. The fourth-order valence-electron chi connectivity index (χ4n) is 2.69. The Hall–Kier alpha value is -5.62. The van der Waals surface area contributed by atoms with E-state index in [9.17, 15) is 30.4 Å². The van der Waals surface area contributed by atoms with Crippen LogP contribution in [-0.2, 0) is 0 Å². The second kappa shape index (κ2) is 34.3. The van der Waals surface area contributed by atoms with Gasteiger partial charge in [-0.3, -0.25) is 31.1 Å². The Labute approximate surface area is 320 Å². The number of aliphatic hydroxyl groups excluding tert-OH is 4. The number of non-ortho nitro benzene ring substituents is 2. The molecule has 2 heterocycles. The number of nitro benzene ring substituents is 2. The normalized spacial score (nSPS) is 8.78. The molecule has 0 fully saturated rings. The third kappa shape index (κ3) is 25.1. The third-order valence-electron chi connectivity index (χ3n) is 4.50. The fourth-order valence-corrected chi connectivity index (χ4v) is 2.69. The van der Waals surface area contributed by atoms with Gasteiger partial charge in [-0.1, -0.05) is 35.8 Å². The quantitative estimate of drug-likeness (QED) is 0.0627. The molecule has 0 spiro atoms. The number of anilines is 2. The van der Waals surface area contributed by atoms with Gasteiger partial charge in [0.2, 0.25) is 0 Å². The third-order valence-corrected chi connectivity index (χ3v) is 4.50. The molecule has 0 saturated heterocycles. The van der Waals surface area contributed by atoms with Gasteiger partial charge in [-0.2, -0.15) is 10.2 Å². The van der Waals surface area contributed by atoms with E-state index < -0.39 is 14.9 Å². The van der Waals surface area contributed by atoms with Crippen molar-refractivity contribution in [2.24, 2.45) is 10.2 Å². The number of nitrogens with zero attached hydrogens (tertiary/aromatic N) is 7. The molecule has 0 unspecified atom stereocenters. The van der Waals surface area contributed by atoms with E-state index in [2.05, 4.69) is 31.0 Å². The number of aromatic nitrogens is 2. The van der Waals surface area contributed by atoms with Crippen LogP contribution in [0.2, 0.25) is 0 Å². The van der Waals surface area contributed by atoms with Gasteiger partial charge in [-0.25, -0.2) is 9.97 Å². The van der Waals surface area contributed by atoms with Gasteiger partial charge in [0, 0.05) is 65.1 Å². The van der Waals surface area contributed by atoms with E-state index in [4.69, 9.17) is 35.7 Å². The summed E-state index contributed by atoms with van der Waals surface area (Å²) in [6.45, 7) is 0. The van der Waals surface area contributed by atoms with Gasteiger partial charge >= 0.3 is 37.7 Å². The average Bonchev–Trinajstić information content (AvgIpc) is 3.14. The van der Waals surface area contributed by atoms with E-state index in [0.717, 1.165) is 52.7 Å². The van der Waals surface area contributed by atoms with Crippen LogP contribution in [0.1, 0.15) is 11.1 Å². The minimum absolute atomic E-state index is 0. The van der Waals surface area contributed by atoms with Crippen molar-refractivity contribution >= 4 is 35.4 Å². The number of nitro groups is 2. The van der Waals surface area contributed by atoms with Gasteiger partial charge in [0.15, 0.2) is 0 Å². The number of nitrogens with one attached hydrogen (secondary N) is 2. The van der Waals surface area contributed by atoms with Gasteiger partial charge < -0.3 is 46.0 Å². The fraction of sp³-hybridized carbons (Fsp3) is 0.143. The van der Waals surface area contributed by atoms with Crippen LogP contribution in [0, 0.1) is 73.3 Å². The molecular formula is C28H34HoN9O13. The van der Waals surface area contributed by atoms with E-state index >= 15 is 0 Å². The summed E-state index contributed by atoms with van der Waals surface area (Å²) in [5.41, 5.74) is 5.20. The standard InChI is InChI=1S/2C12H10N4O3.4CH4O.Ho.NO3/c2*17-11-5-4-10(16(18)19)7-9(11)8-14-15-12-3-1-2-6-13-12;4*1-2;;2-1(3)4/h2*1-8,17H,(H,13,15);4*2H,1H3;;/q;;;;;;+3;-1/p-2/b2*14-8+;;;;;;. The van der Waals surface area contributed by atoms with Crippen LogP contribution in [0.25, 0.3) is 0 Å². The van der Waals surface area contributed by atoms with Crippen molar-refractivity contribution in [2.45, 2.75) is 0 Å². The monoisotopic (exact) mass is 869 g/mol. The molecule has 2 aromatic carbocycles. The van der Waals surface area contributed by atoms with Gasteiger partial charge in [-0.05, 0) is 35.4 Å². The van der Waals surface area contributed by atoms with Crippen LogP contribution in [0.5, 0.6) is 11.5 Å². The Morgan fingerprint density at radius 3 is 1.16 bits per heavy atom. The summed E-state index contributed by atoms with van der Waals surface area (Å²) in [6, 6.07) is 17.4. The second-order valence-electron chi connectivity index (χ2n) is 7.35. The zero-order valence-electron chi connectivity index (χ0n) is 27.1. The predicted octanol–water partition coefficient (Wildman–Crippen LogP) is 1.21. The molecule has 22 nitrogen and oxygen atoms in total.